The fraction of sp³-hybridized carbons (Fsp3) is 0. The van der Waals surface area contributed by atoms with E-state index >= 15 is 0 Å². The van der Waals surface area contributed by atoms with Crippen molar-refractivity contribution in [2.45, 2.75) is 0 Å². The van der Waals surface area contributed by atoms with Gasteiger partial charge in [-0.2, -0.15) is 0 Å². The van der Waals surface area contributed by atoms with Gasteiger partial charge in [-0.25, -0.2) is 0 Å². The summed E-state index contributed by atoms with van der Waals surface area (Å²) in [6, 6.07) is 7.12. The van der Waals surface area contributed by atoms with Gasteiger partial charge < -0.3 is 10.6 Å². The maximum atomic E-state index is 8.17. The van der Waals surface area contributed by atoms with Crippen molar-refractivity contribution in [2.75, 3.05) is 0 Å². The maximum Gasteiger partial charge on any atom is 0.0733 e. The number of nitrogens with zero attached hydrogens (tertiary/aromatic N) is 1. The second-order valence-electron chi connectivity index (χ2n) is 2.06. The van der Waals surface area contributed by atoms with Crippen molar-refractivity contribution in [3.8, 4) is 0 Å². The first-order valence-electron chi connectivity index (χ1n) is 3.15. The Morgan fingerprint density at radius 2 is 1.73 bits per heavy atom. The third-order valence-corrected chi connectivity index (χ3v) is 1.31. The van der Waals surface area contributed by atoms with E-state index in [1.54, 1.807) is 24.3 Å². The molecule has 3 nitrogen and oxygen atoms in total. The van der Waals surface area contributed by atoms with Gasteiger partial charge in [0, 0.05) is 6.21 Å². The molecule has 0 amide bonds. The lowest BCUT2D eigenvalue weighted by molar-refractivity contribution is 0.322. The molecule has 0 radical (unpaired) electrons. The molecule has 0 saturated carbocycles. The minimum Gasteiger partial charge on any atom is -0.411 e. The van der Waals surface area contributed by atoms with E-state index in [2.05, 4.69) is 5.16 Å². The summed E-state index contributed by atoms with van der Waals surface area (Å²) in [5, 5.41) is 18.0. The summed E-state index contributed by atoms with van der Waals surface area (Å²) in [5.74, 6) is 0. The van der Waals surface area contributed by atoms with Gasteiger partial charge in [0.25, 0.3) is 0 Å². The van der Waals surface area contributed by atoms with Crippen LogP contribution in [0.1, 0.15) is 11.1 Å². The molecule has 0 bridgehead atoms. The van der Waals surface area contributed by atoms with Crippen molar-refractivity contribution in [1.82, 2.24) is 0 Å². The minimum atomic E-state index is 0.818. The van der Waals surface area contributed by atoms with Crippen molar-refractivity contribution in [1.29, 1.82) is 5.41 Å². The molecule has 0 saturated heterocycles. The van der Waals surface area contributed by atoms with Gasteiger partial charge in [-0.15, -0.1) is 0 Å². The highest BCUT2D eigenvalue weighted by Crippen LogP contribution is 1.98. The lowest BCUT2D eigenvalue weighted by Crippen LogP contribution is -1.82. The maximum absolute atomic E-state index is 8.17. The molecule has 1 aromatic rings. The topological polar surface area (TPSA) is 56.4 Å². The molecule has 0 aliphatic carbocycles. The van der Waals surface area contributed by atoms with E-state index in [0.717, 1.165) is 11.1 Å². The molecule has 11 heavy (non-hydrogen) atoms. The highest BCUT2D eigenvalue weighted by atomic mass is 16.4. The molecular formula is C8H8N2O. The molecule has 0 atom stereocenters. The van der Waals surface area contributed by atoms with Crippen LogP contribution in [0.15, 0.2) is 29.4 Å². The molecule has 0 aromatic heterocycles. The Labute approximate surface area is 64.5 Å². The van der Waals surface area contributed by atoms with Crippen molar-refractivity contribution in [3.63, 3.8) is 0 Å². The molecule has 3 heteroatoms. The van der Waals surface area contributed by atoms with Crippen LogP contribution in [0.2, 0.25) is 0 Å². The monoisotopic (exact) mass is 148 g/mol. The highest BCUT2D eigenvalue weighted by Gasteiger charge is 1.87. The standard InChI is InChI=1S/C8H8N2O/c9-5-7-1-3-8(4-2-7)6-10-11/h1-6,9,11H/b9-5?,10-6+. The third-order valence-electron chi connectivity index (χ3n) is 1.31. The summed E-state index contributed by atoms with van der Waals surface area (Å²) >= 11 is 0. The van der Waals surface area contributed by atoms with E-state index in [1.165, 1.54) is 12.4 Å². The Hall–Kier alpha value is -1.64. The Morgan fingerprint density at radius 1 is 1.18 bits per heavy atom. The van der Waals surface area contributed by atoms with Crippen molar-refractivity contribution in [3.05, 3.63) is 35.4 Å². The van der Waals surface area contributed by atoms with Gasteiger partial charge >= 0.3 is 0 Å². The van der Waals surface area contributed by atoms with Gasteiger partial charge in [0.2, 0.25) is 0 Å². The zero-order valence-corrected chi connectivity index (χ0v) is 5.86. The molecule has 0 aliphatic heterocycles. The average Bonchev–Trinajstić information content (AvgIpc) is 2.07. The van der Waals surface area contributed by atoms with Gasteiger partial charge in [-0.3, -0.25) is 0 Å². The largest absolute Gasteiger partial charge is 0.411 e. The number of nitrogens with one attached hydrogen (secondary N) is 1. The minimum absolute atomic E-state index is 0.818. The van der Waals surface area contributed by atoms with Crippen LogP contribution in [-0.4, -0.2) is 17.6 Å². The number of benzene rings is 1. The normalized spacial score (nSPS) is 10.2. The molecule has 0 heterocycles. The Bertz CT molecular complexity index is 264. The average molecular weight is 148 g/mol. The van der Waals surface area contributed by atoms with Crippen LogP contribution in [0.3, 0.4) is 0 Å². The van der Waals surface area contributed by atoms with Gasteiger partial charge in [0.15, 0.2) is 0 Å². The lowest BCUT2D eigenvalue weighted by Gasteiger charge is -1.91. The van der Waals surface area contributed by atoms with Gasteiger partial charge in [-0.1, -0.05) is 29.4 Å². The van der Waals surface area contributed by atoms with Crippen LogP contribution in [-0.2, 0) is 0 Å². The fourth-order valence-electron chi connectivity index (χ4n) is 0.745. The third kappa shape index (κ3) is 1.89. The highest BCUT2D eigenvalue weighted by molar-refractivity contribution is 5.82. The molecule has 0 aliphatic rings. The van der Waals surface area contributed by atoms with Crippen LogP contribution in [0, 0.1) is 5.41 Å². The molecule has 2 N–H and O–H groups in total. The van der Waals surface area contributed by atoms with Crippen LogP contribution < -0.4 is 0 Å². The first kappa shape index (κ1) is 7.47. The smallest absolute Gasteiger partial charge is 0.0733 e. The first-order chi connectivity index (χ1) is 5.36. The molecule has 1 aromatic carbocycles. The molecule has 1 rings (SSSR count). The molecular weight excluding hydrogens is 140 g/mol. The first-order valence-corrected chi connectivity index (χ1v) is 3.15. The summed E-state index contributed by atoms with van der Waals surface area (Å²) in [6.45, 7) is 0. The van der Waals surface area contributed by atoms with E-state index in [-0.39, 0.29) is 0 Å². The molecule has 0 unspecified atom stereocenters. The summed E-state index contributed by atoms with van der Waals surface area (Å²) in [7, 11) is 0. The van der Waals surface area contributed by atoms with Crippen LogP contribution in [0.5, 0.6) is 0 Å². The zero-order chi connectivity index (χ0) is 8.10. The fourth-order valence-corrected chi connectivity index (χ4v) is 0.745. The quantitative estimate of drug-likeness (QED) is 0.372. The molecule has 0 fully saturated rings. The second-order valence-corrected chi connectivity index (χ2v) is 2.06. The second kappa shape index (κ2) is 3.51. The van der Waals surface area contributed by atoms with E-state index in [4.69, 9.17) is 10.6 Å². The summed E-state index contributed by atoms with van der Waals surface area (Å²) in [6.07, 6.45) is 2.60. The number of hydrogen-bond acceptors (Lipinski definition) is 3. The van der Waals surface area contributed by atoms with Crippen molar-refractivity contribution in [2.24, 2.45) is 5.16 Å². The van der Waals surface area contributed by atoms with Crippen LogP contribution >= 0.6 is 0 Å². The van der Waals surface area contributed by atoms with Gasteiger partial charge in [0.05, 0.1) is 6.21 Å². The summed E-state index contributed by atoms with van der Waals surface area (Å²) < 4.78 is 0. The van der Waals surface area contributed by atoms with Crippen LogP contribution in [0.4, 0.5) is 0 Å². The number of oxime groups is 1. The van der Waals surface area contributed by atoms with E-state index in [0.29, 0.717) is 0 Å². The predicted octanol–water partition coefficient (Wildman–Crippen LogP) is 1.49. The van der Waals surface area contributed by atoms with Crippen molar-refractivity contribution >= 4 is 12.4 Å². The van der Waals surface area contributed by atoms with E-state index in [1.807, 2.05) is 0 Å². The summed E-state index contributed by atoms with van der Waals surface area (Å²) in [5.41, 5.74) is 1.65. The van der Waals surface area contributed by atoms with E-state index < -0.39 is 0 Å². The van der Waals surface area contributed by atoms with Gasteiger partial charge in [-0.05, 0) is 11.1 Å². The Balaban J connectivity index is 2.91. The predicted molar refractivity (Wildman–Crippen MR) is 43.7 cm³/mol. The Morgan fingerprint density at radius 3 is 2.18 bits per heavy atom. The number of rotatable bonds is 2. The molecule has 56 valence electrons. The number of hydrogen-bond donors (Lipinski definition) is 2. The van der Waals surface area contributed by atoms with Gasteiger partial charge in [0.1, 0.15) is 0 Å². The zero-order valence-electron chi connectivity index (χ0n) is 5.86. The van der Waals surface area contributed by atoms with Crippen molar-refractivity contribution < 1.29 is 5.21 Å². The summed E-state index contributed by atoms with van der Waals surface area (Å²) in [4.78, 5) is 0. The Kier molecular flexibility index (Phi) is 2.38. The lowest BCUT2D eigenvalue weighted by atomic mass is 10.2. The SMILES string of the molecule is N=Cc1ccc(/C=N/O)cc1. The van der Waals surface area contributed by atoms with E-state index in [9.17, 15) is 0 Å². The van der Waals surface area contributed by atoms with Crippen LogP contribution in [0.25, 0.3) is 0 Å². The molecule has 0 spiro atoms.